The Bertz CT molecular complexity index is 1240. The number of rotatable bonds is 9. The molecule has 0 bridgehead atoms. The minimum atomic E-state index is -3.66. The third-order valence-electron chi connectivity index (χ3n) is 4.88. The minimum absolute atomic E-state index is 0.0244. The summed E-state index contributed by atoms with van der Waals surface area (Å²) in [5, 5.41) is 0. The van der Waals surface area contributed by atoms with Crippen LogP contribution in [0.5, 0.6) is 5.75 Å². The maximum absolute atomic E-state index is 12.8. The quantitative estimate of drug-likeness (QED) is 0.313. The second-order valence-electron chi connectivity index (χ2n) is 7.65. The SMILES string of the molecule is CC(C)c1ccc(S(=O)(=O)c2ccc(NNC(=O)C=Cc3ccc(OC(F)F)cc3)cc2)cc1. The largest absolute Gasteiger partial charge is 0.435 e. The molecule has 3 aromatic rings. The summed E-state index contributed by atoms with van der Waals surface area (Å²) in [7, 11) is -3.66. The first kappa shape index (κ1) is 24.9. The highest BCUT2D eigenvalue weighted by Crippen LogP contribution is 2.24. The number of halogens is 2. The van der Waals surface area contributed by atoms with E-state index in [1.165, 1.54) is 48.6 Å². The molecule has 0 aliphatic rings. The number of hydrogen-bond donors (Lipinski definition) is 2. The highest BCUT2D eigenvalue weighted by Gasteiger charge is 2.17. The van der Waals surface area contributed by atoms with Crippen LogP contribution in [-0.2, 0) is 14.6 Å². The van der Waals surface area contributed by atoms with E-state index in [0.717, 1.165) is 5.56 Å². The fraction of sp³-hybridized carbons (Fsp3) is 0.160. The summed E-state index contributed by atoms with van der Waals surface area (Å²) in [6, 6.07) is 18.6. The Labute approximate surface area is 197 Å². The number of ether oxygens (including phenoxy) is 1. The molecule has 0 saturated carbocycles. The first-order valence-corrected chi connectivity index (χ1v) is 11.9. The fourth-order valence-corrected chi connectivity index (χ4v) is 4.25. The van der Waals surface area contributed by atoms with E-state index < -0.39 is 22.4 Å². The van der Waals surface area contributed by atoms with Gasteiger partial charge in [-0.2, -0.15) is 8.78 Å². The van der Waals surface area contributed by atoms with E-state index in [1.807, 2.05) is 26.0 Å². The zero-order chi connectivity index (χ0) is 24.7. The molecule has 0 heterocycles. The van der Waals surface area contributed by atoms with Gasteiger partial charge in [0.2, 0.25) is 9.84 Å². The van der Waals surface area contributed by atoms with Gasteiger partial charge in [-0.15, -0.1) is 0 Å². The molecule has 0 fully saturated rings. The number of hydrogen-bond acceptors (Lipinski definition) is 5. The standard InChI is InChI=1S/C25H24F2N2O4S/c1-17(2)19-6-12-22(13-7-19)34(31,32)23-14-8-20(9-15-23)28-29-24(30)16-5-18-3-10-21(11-4-18)33-25(26)27/h3-17,25,28H,1-2H3,(H,29,30). The van der Waals surface area contributed by atoms with Gasteiger partial charge in [0.1, 0.15) is 5.75 Å². The fourth-order valence-electron chi connectivity index (χ4n) is 2.99. The first-order valence-electron chi connectivity index (χ1n) is 10.4. The number of amides is 1. The van der Waals surface area contributed by atoms with Crippen LogP contribution in [0, 0.1) is 0 Å². The molecular formula is C25H24F2N2O4S. The van der Waals surface area contributed by atoms with Crippen molar-refractivity contribution in [2.45, 2.75) is 36.2 Å². The van der Waals surface area contributed by atoms with Crippen LogP contribution < -0.4 is 15.6 Å². The van der Waals surface area contributed by atoms with Crippen molar-refractivity contribution in [1.82, 2.24) is 5.43 Å². The summed E-state index contributed by atoms with van der Waals surface area (Å²) in [6.07, 6.45) is 2.76. The van der Waals surface area contributed by atoms with Crippen LogP contribution in [0.4, 0.5) is 14.5 Å². The number of carbonyl (C=O) groups excluding carboxylic acids is 1. The van der Waals surface area contributed by atoms with E-state index in [9.17, 15) is 22.0 Å². The van der Waals surface area contributed by atoms with Crippen molar-refractivity contribution in [2.75, 3.05) is 5.43 Å². The number of anilines is 1. The van der Waals surface area contributed by atoms with Crippen LogP contribution in [0.25, 0.3) is 6.08 Å². The minimum Gasteiger partial charge on any atom is -0.435 e. The molecule has 0 atom stereocenters. The van der Waals surface area contributed by atoms with Crippen LogP contribution in [0.3, 0.4) is 0 Å². The van der Waals surface area contributed by atoms with Crippen LogP contribution in [0.1, 0.15) is 30.9 Å². The molecule has 0 spiro atoms. The predicted octanol–water partition coefficient (Wildman–Crippen LogP) is 5.40. The maximum atomic E-state index is 12.8. The van der Waals surface area contributed by atoms with E-state index >= 15 is 0 Å². The summed E-state index contributed by atoms with van der Waals surface area (Å²) < 4.78 is 54.3. The van der Waals surface area contributed by atoms with Gasteiger partial charge in [-0.3, -0.25) is 15.6 Å². The molecule has 0 saturated heterocycles. The van der Waals surface area contributed by atoms with Gasteiger partial charge in [0.05, 0.1) is 15.5 Å². The molecule has 9 heteroatoms. The van der Waals surface area contributed by atoms with Gasteiger partial charge < -0.3 is 4.74 Å². The zero-order valence-corrected chi connectivity index (χ0v) is 19.4. The molecule has 0 aromatic heterocycles. The van der Waals surface area contributed by atoms with Crippen LogP contribution in [0.15, 0.2) is 88.7 Å². The van der Waals surface area contributed by atoms with E-state index in [0.29, 0.717) is 17.2 Å². The predicted molar refractivity (Wildman–Crippen MR) is 126 cm³/mol. The molecule has 34 heavy (non-hydrogen) atoms. The monoisotopic (exact) mass is 486 g/mol. The normalized spacial score (nSPS) is 11.7. The van der Waals surface area contributed by atoms with Crippen molar-refractivity contribution in [1.29, 1.82) is 0 Å². The molecule has 0 radical (unpaired) electrons. The molecular weight excluding hydrogens is 462 g/mol. The Balaban J connectivity index is 1.57. The van der Waals surface area contributed by atoms with E-state index in [-0.39, 0.29) is 15.5 Å². The second kappa shape index (κ2) is 10.9. The van der Waals surface area contributed by atoms with Gasteiger partial charge in [0, 0.05) is 6.08 Å². The van der Waals surface area contributed by atoms with Crippen molar-refractivity contribution in [3.05, 3.63) is 90.0 Å². The zero-order valence-electron chi connectivity index (χ0n) is 18.5. The topological polar surface area (TPSA) is 84.5 Å². The highest BCUT2D eigenvalue weighted by atomic mass is 32.2. The Morgan fingerprint density at radius 1 is 0.882 bits per heavy atom. The van der Waals surface area contributed by atoms with Crippen LogP contribution in [-0.4, -0.2) is 20.9 Å². The lowest BCUT2D eigenvalue weighted by Crippen LogP contribution is -2.27. The third-order valence-corrected chi connectivity index (χ3v) is 6.67. The van der Waals surface area contributed by atoms with Gasteiger partial charge in [-0.25, -0.2) is 8.42 Å². The Hall–Kier alpha value is -3.72. The van der Waals surface area contributed by atoms with Gasteiger partial charge in [0.25, 0.3) is 5.91 Å². The van der Waals surface area contributed by atoms with Crippen LogP contribution >= 0.6 is 0 Å². The Morgan fingerprint density at radius 2 is 1.44 bits per heavy atom. The van der Waals surface area contributed by atoms with Crippen molar-refractivity contribution < 1.29 is 26.7 Å². The number of alkyl halides is 2. The summed E-state index contributed by atoms with van der Waals surface area (Å²) in [5.41, 5.74) is 7.33. The molecule has 0 unspecified atom stereocenters. The lowest BCUT2D eigenvalue weighted by molar-refractivity contribution is -0.116. The van der Waals surface area contributed by atoms with Crippen molar-refractivity contribution in [3.8, 4) is 5.75 Å². The summed E-state index contributed by atoms with van der Waals surface area (Å²) in [4.78, 5) is 12.4. The molecule has 1 amide bonds. The molecule has 178 valence electrons. The molecule has 0 aliphatic carbocycles. The van der Waals surface area contributed by atoms with Crippen molar-refractivity contribution in [3.63, 3.8) is 0 Å². The lowest BCUT2D eigenvalue weighted by atomic mass is 10.0. The van der Waals surface area contributed by atoms with Gasteiger partial charge in [-0.05, 0) is 71.7 Å². The average molecular weight is 487 g/mol. The summed E-state index contributed by atoms with van der Waals surface area (Å²) >= 11 is 0. The molecule has 6 nitrogen and oxygen atoms in total. The Kier molecular flexibility index (Phi) is 8.01. The van der Waals surface area contributed by atoms with Gasteiger partial charge in [0.15, 0.2) is 0 Å². The van der Waals surface area contributed by atoms with E-state index in [1.54, 1.807) is 24.3 Å². The van der Waals surface area contributed by atoms with Gasteiger partial charge >= 0.3 is 6.61 Å². The molecule has 2 N–H and O–H groups in total. The van der Waals surface area contributed by atoms with Crippen molar-refractivity contribution in [2.24, 2.45) is 0 Å². The Morgan fingerprint density at radius 3 is 1.97 bits per heavy atom. The first-order chi connectivity index (χ1) is 16.1. The smallest absolute Gasteiger partial charge is 0.387 e. The highest BCUT2D eigenvalue weighted by molar-refractivity contribution is 7.91. The van der Waals surface area contributed by atoms with E-state index in [2.05, 4.69) is 15.6 Å². The number of nitrogens with one attached hydrogen (secondary N) is 2. The number of sulfone groups is 1. The number of hydrazine groups is 1. The van der Waals surface area contributed by atoms with Crippen LogP contribution in [0.2, 0.25) is 0 Å². The average Bonchev–Trinajstić information content (AvgIpc) is 2.82. The van der Waals surface area contributed by atoms with E-state index in [4.69, 9.17) is 0 Å². The molecule has 3 aromatic carbocycles. The molecule has 0 aliphatic heterocycles. The third kappa shape index (κ3) is 6.64. The van der Waals surface area contributed by atoms with Gasteiger partial charge in [-0.1, -0.05) is 38.1 Å². The summed E-state index contributed by atoms with van der Waals surface area (Å²) in [5.74, 6) is -0.133. The summed E-state index contributed by atoms with van der Waals surface area (Å²) in [6.45, 7) is 1.17. The van der Waals surface area contributed by atoms with Crippen molar-refractivity contribution >= 4 is 27.5 Å². The number of carbonyl (C=O) groups is 1. The second-order valence-corrected chi connectivity index (χ2v) is 9.60. The number of benzene rings is 3. The molecule has 3 rings (SSSR count). The maximum Gasteiger partial charge on any atom is 0.387 e. The lowest BCUT2D eigenvalue weighted by Gasteiger charge is -2.10.